The molecule has 0 atom stereocenters. The predicted octanol–water partition coefficient (Wildman–Crippen LogP) is 2.33. The van der Waals surface area contributed by atoms with E-state index in [2.05, 4.69) is 6.58 Å². The Labute approximate surface area is 107 Å². The summed E-state index contributed by atoms with van der Waals surface area (Å²) in [7, 11) is 0. The van der Waals surface area contributed by atoms with Gasteiger partial charge in [-0.25, -0.2) is 4.79 Å². The minimum Gasteiger partial charge on any atom is -0.482 e. The summed E-state index contributed by atoms with van der Waals surface area (Å²) in [5, 5.41) is 0. The zero-order valence-corrected chi connectivity index (χ0v) is 10.8. The highest BCUT2D eigenvalue weighted by Crippen LogP contribution is 2.22. The highest BCUT2D eigenvalue weighted by Gasteiger charge is 2.09. The second kappa shape index (κ2) is 6.69. The van der Waals surface area contributed by atoms with E-state index >= 15 is 0 Å². The summed E-state index contributed by atoms with van der Waals surface area (Å²) >= 11 is 0. The van der Waals surface area contributed by atoms with Gasteiger partial charge in [0.05, 0.1) is 6.10 Å². The van der Waals surface area contributed by atoms with Crippen molar-refractivity contribution in [2.75, 3.05) is 12.3 Å². The van der Waals surface area contributed by atoms with Crippen molar-refractivity contribution in [2.45, 2.75) is 26.4 Å². The van der Waals surface area contributed by atoms with E-state index in [1.54, 1.807) is 32.1 Å². The summed E-state index contributed by atoms with van der Waals surface area (Å²) in [6.45, 7) is 7.16. The summed E-state index contributed by atoms with van der Waals surface area (Å²) in [6.07, 6.45) is 2.26. The van der Waals surface area contributed by atoms with Crippen LogP contribution < -0.4 is 10.5 Å². The van der Waals surface area contributed by atoms with Crippen molar-refractivity contribution in [2.24, 2.45) is 0 Å². The van der Waals surface area contributed by atoms with Crippen molar-refractivity contribution in [3.63, 3.8) is 0 Å². The van der Waals surface area contributed by atoms with Gasteiger partial charge in [-0.2, -0.15) is 0 Å². The quantitative estimate of drug-likeness (QED) is 0.477. The first-order chi connectivity index (χ1) is 8.52. The maximum Gasteiger partial charge on any atom is 0.344 e. The van der Waals surface area contributed by atoms with E-state index in [9.17, 15) is 4.79 Å². The first-order valence-corrected chi connectivity index (χ1v) is 5.84. The Morgan fingerprint density at radius 1 is 1.50 bits per heavy atom. The van der Waals surface area contributed by atoms with Gasteiger partial charge in [0.2, 0.25) is 0 Å². The lowest BCUT2D eigenvalue weighted by atomic mass is 10.1. The lowest BCUT2D eigenvalue weighted by Gasteiger charge is -2.12. The predicted molar refractivity (Wildman–Crippen MR) is 71.5 cm³/mol. The number of carbonyl (C=O) groups excluding carboxylic acids is 1. The van der Waals surface area contributed by atoms with E-state index in [-0.39, 0.29) is 18.7 Å². The van der Waals surface area contributed by atoms with Crippen molar-refractivity contribution in [3.8, 4) is 5.75 Å². The number of benzene rings is 1. The topological polar surface area (TPSA) is 61.5 Å². The van der Waals surface area contributed by atoms with Gasteiger partial charge in [0.1, 0.15) is 5.75 Å². The summed E-state index contributed by atoms with van der Waals surface area (Å²) in [5.41, 5.74) is 7.26. The maximum absolute atomic E-state index is 11.4. The monoisotopic (exact) mass is 249 g/mol. The van der Waals surface area contributed by atoms with Gasteiger partial charge in [-0.05, 0) is 44.0 Å². The number of allylic oxidation sites excluding steroid dienone is 1. The molecular formula is C14H19NO3. The van der Waals surface area contributed by atoms with E-state index in [0.717, 1.165) is 5.56 Å². The number of carbonyl (C=O) groups is 1. The molecule has 0 saturated carbocycles. The Hall–Kier alpha value is -1.97. The maximum atomic E-state index is 11.4. The molecule has 0 fully saturated rings. The van der Waals surface area contributed by atoms with Crippen LogP contribution in [-0.4, -0.2) is 18.7 Å². The lowest BCUT2D eigenvalue weighted by Crippen LogP contribution is -2.19. The van der Waals surface area contributed by atoms with Crippen LogP contribution in [0.4, 0.5) is 5.69 Å². The summed E-state index contributed by atoms with van der Waals surface area (Å²) in [4.78, 5) is 11.4. The van der Waals surface area contributed by atoms with Crippen LogP contribution in [-0.2, 0) is 16.0 Å². The minimum absolute atomic E-state index is 0.105. The molecule has 0 aliphatic carbocycles. The molecule has 0 amide bonds. The number of hydrogen-bond donors (Lipinski definition) is 1. The van der Waals surface area contributed by atoms with Gasteiger partial charge in [0.15, 0.2) is 6.61 Å². The fourth-order valence-electron chi connectivity index (χ4n) is 1.49. The zero-order chi connectivity index (χ0) is 13.5. The van der Waals surface area contributed by atoms with E-state index in [4.69, 9.17) is 15.2 Å². The molecule has 4 heteroatoms. The Balaban J connectivity index is 2.66. The Morgan fingerprint density at radius 3 is 2.83 bits per heavy atom. The van der Waals surface area contributed by atoms with Crippen LogP contribution in [0.3, 0.4) is 0 Å². The van der Waals surface area contributed by atoms with Crippen molar-refractivity contribution < 1.29 is 14.3 Å². The standard InChI is InChI=1S/C14H19NO3/c1-4-5-11-8-12(15)6-7-13(11)17-9-14(16)18-10(2)3/h4,6-8,10H,1,5,9,15H2,2-3H3. The van der Waals surface area contributed by atoms with Crippen LogP contribution in [0.5, 0.6) is 5.75 Å². The molecule has 0 aliphatic heterocycles. The van der Waals surface area contributed by atoms with Crippen molar-refractivity contribution in [1.82, 2.24) is 0 Å². The summed E-state index contributed by atoms with van der Waals surface area (Å²) in [6, 6.07) is 5.29. The highest BCUT2D eigenvalue weighted by molar-refractivity contribution is 5.71. The molecule has 4 nitrogen and oxygen atoms in total. The fraction of sp³-hybridized carbons (Fsp3) is 0.357. The van der Waals surface area contributed by atoms with Crippen molar-refractivity contribution >= 4 is 11.7 Å². The Kier molecular flexibility index (Phi) is 5.24. The average molecular weight is 249 g/mol. The first kappa shape index (κ1) is 14.1. The van der Waals surface area contributed by atoms with Crippen LogP contribution in [0.2, 0.25) is 0 Å². The molecule has 1 aromatic rings. The van der Waals surface area contributed by atoms with Gasteiger partial charge < -0.3 is 15.2 Å². The molecule has 18 heavy (non-hydrogen) atoms. The molecular weight excluding hydrogens is 230 g/mol. The van der Waals surface area contributed by atoms with E-state index in [0.29, 0.717) is 17.9 Å². The third kappa shape index (κ3) is 4.49. The van der Waals surface area contributed by atoms with Gasteiger partial charge in [0, 0.05) is 5.69 Å². The molecule has 0 heterocycles. The Bertz CT molecular complexity index is 427. The van der Waals surface area contributed by atoms with Gasteiger partial charge in [-0.1, -0.05) is 6.08 Å². The molecule has 0 spiro atoms. The van der Waals surface area contributed by atoms with Crippen LogP contribution in [0.1, 0.15) is 19.4 Å². The van der Waals surface area contributed by atoms with E-state index in [1.165, 1.54) is 0 Å². The number of hydrogen-bond acceptors (Lipinski definition) is 4. The zero-order valence-electron chi connectivity index (χ0n) is 10.8. The summed E-state index contributed by atoms with van der Waals surface area (Å²) in [5.74, 6) is 0.246. The van der Waals surface area contributed by atoms with Crippen LogP contribution in [0, 0.1) is 0 Å². The molecule has 1 aromatic carbocycles. The van der Waals surface area contributed by atoms with Gasteiger partial charge in [-0.15, -0.1) is 6.58 Å². The molecule has 0 unspecified atom stereocenters. The van der Waals surface area contributed by atoms with Gasteiger partial charge in [0.25, 0.3) is 0 Å². The summed E-state index contributed by atoms with van der Waals surface area (Å²) < 4.78 is 10.4. The molecule has 98 valence electrons. The van der Waals surface area contributed by atoms with Crippen LogP contribution >= 0.6 is 0 Å². The van der Waals surface area contributed by atoms with Gasteiger partial charge in [-0.3, -0.25) is 0 Å². The molecule has 0 radical (unpaired) electrons. The third-order valence-corrected chi connectivity index (χ3v) is 2.16. The van der Waals surface area contributed by atoms with Crippen molar-refractivity contribution in [3.05, 3.63) is 36.4 Å². The number of anilines is 1. The van der Waals surface area contributed by atoms with Gasteiger partial charge >= 0.3 is 5.97 Å². The molecule has 0 saturated heterocycles. The largest absolute Gasteiger partial charge is 0.482 e. The van der Waals surface area contributed by atoms with Crippen molar-refractivity contribution in [1.29, 1.82) is 0 Å². The number of rotatable bonds is 6. The first-order valence-electron chi connectivity index (χ1n) is 5.84. The molecule has 0 aromatic heterocycles. The fourth-order valence-corrected chi connectivity index (χ4v) is 1.49. The highest BCUT2D eigenvalue weighted by atomic mass is 16.6. The molecule has 0 bridgehead atoms. The van der Waals surface area contributed by atoms with E-state index < -0.39 is 0 Å². The second-order valence-electron chi connectivity index (χ2n) is 4.19. The molecule has 1 rings (SSSR count). The second-order valence-corrected chi connectivity index (χ2v) is 4.19. The number of esters is 1. The molecule has 2 N–H and O–H groups in total. The van der Waals surface area contributed by atoms with E-state index in [1.807, 2.05) is 6.07 Å². The number of nitrogen functional groups attached to an aromatic ring is 1. The average Bonchev–Trinajstić information content (AvgIpc) is 2.27. The minimum atomic E-state index is -0.383. The smallest absolute Gasteiger partial charge is 0.344 e. The van der Waals surface area contributed by atoms with Crippen LogP contribution in [0.15, 0.2) is 30.9 Å². The SMILES string of the molecule is C=CCc1cc(N)ccc1OCC(=O)OC(C)C. The third-order valence-electron chi connectivity index (χ3n) is 2.16. The lowest BCUT2D eigenvalue weighted by molar-refractivity contribution is -0.149. The number of ether oxygens (including phenoxy) is 2. The normalized spacial score (nSPS) is 10.2. The number of nitrogens with two attached hydrogens (primary N) is 1. The molecule has 0 aliphatic rings. The van der Waals surface area contributed by atoms with Crippen LogP contribution in [0.25, 0.3) is 0 Å². The Morgan fingerprint density at radius 2 is 2.22 bits per heavy atom.